The number of hydrogen-bond acceptors (Lipinski definition) is 3. The lowest BCUT2D eigenvalue weighted by Gasteiger charge is -2.39. The van der Waals surface area contributed by atoms with Crippen LogP contribution in [0, 0.1) is 18.6 Å². The first-order valence-corrected chi connectivity index (χ1v) is 9.90. The van der Waals surface area contributed by atoms with Crippen LogP contribution in [-0.4, -0.2) is 45.1 Å². The standard InChI is InChI=1S/C21H24F2N4O2/c1-14-6-9-27(25-14)10-7-20(29)26-12-16(15-4-5-17(22)18(23)11-15)21(13-26)8-2-3-19(28)24-21/h4-6,9,11,16H,2-3,7-8,10,12-13H2,1H3,(H,24,28)/t16-,21+/m0/s1. The fourth-order valence-electron chi connectivity index (χ4n) is 4.56. The third-order valence-electron chi connectivity index (χ3n) is 5.99. The fourth-order valence-corrected chi connectivity index (χ4v) is 4.56. The van der Waals surface area contributed by atoms with E-state index in [9.17, 15) is 18.4 Å². The van der Waals surface area contributed by atoms with Crippen LogP contribution < -0.4 is 5.32 Å². The molecule has 1 aromatic carbocycles. The van der Waals surface area contributed by atoms with Gasteiger partial charge in [-0.05, 0) is 43.5 Å². The molecule has 2 atom stereocenters. The molecule has 2 aliphatic rings. The molecule has 0 saturated carbocycles. The van der Waals surface area contributed by atoms with Gasteiger partial charge in [0.25, 0.3) is 0 Å². The molecule has 6 nitrogen and oxygen atoms in total. The Hall–Kier alpha value is -2.77. The molecule has 0 bridgehead atoms. The Morgan fingerprint density at radius 3 is 2.83 bits per heavy atom. The molecule has 0 unspecified atom stereocenters. The molecule has 2 saturated heterocycles. The van der Waals surface area contributed by atoms with Gasteiger partial charge < -0.3 is 10.2 Å². The van der Waals surface area contributed by atoms with E-state index in [1.807, 2.05) is 19.2 Å². The summed E-state index contributed by atoms with van der Waals surface area (Å²) in [6, 6.07) is 5.72. The van der Waals surface area contributed by atoms with Gasteiger partial charge in [0.1, 0.15) is 0 Å². The normalized spacial score (nSPS) is 24.2. The predicted octanol–water partition coefficient (Wildman–Crippen LogP) is 2.52. The monoisotopic (exact) mass is 402 g/mol. The highest BCUT2D eigenvalue weighted by Crippen LogP contribution is 2.41. The maximum absolute atomic E-state index is 13.9. The highest BCUT2D eigenvalue weighted by molar-refractivity contribution is 5.80. The van der Waals surface area contributed by atoms with E-state index in [-0.39, 0.29) is 24.2 Å². The van der Waals surface area contributed by atoms with Crippen molar-refractivity contribution in [3.8, 4) is 0 Å². The third kappa shape index (κ3) is 3.88. The Morgan fingerprint density at radius 1 is 1.31 bits per heavy atom. The summed E-state index contributed by atoms with van der Waals surface area (Å²) in [5.74, 6) is -2.21. The van der Waals surface area contributed by atoms with Gasteiger partial charge in [0.15, 0.2) is 11.6 Å². The Morgan fingerprint density at radius 2 is 2.14 bits per heavy atom. The van der Waals surface area contributed by atoms with Crippen LogP contribution in [-0.2, 0) is 16.1 Å². The smallest absolute Gasteiger partial charge is 0.224 e. The first kappa shape index (κ1) is 19.5. The SMILES string of the molecule is Cc1ccn(CCC(=O)N2C[C@@H](c3ccc(F)c(F)c3)[C@@]3(CCCC(=O)N3)C2)n1. The molecule has 8 heteroatoms. The van der Waals surface area contributed by atoms with E-state index in [0.717, 1.165) is 11.8 Å². The van der Waals surface area contributed by atoms with Crippen LogP contribution in [0.1, 0.15) is 42.9 Å². The molecule has 29 heavy (non-hydrogen) atoms. The van der Waals surface area contributed by atoms with Gasteiger partial charge >= 0.3 is 0 Å². The molecule has 1 N–H and O–H groups in total. The predicted molar refractivity (Wildman–Crippen MR) is 102 cm³/mol. The van der Waals surface area contributed by atoms with Crippen LogP contribution >= 0.6 is 0 Å². The van der Waals surface area contributed by atoms with Crippen molar-refractivity contribution in [1.82, 2.24) is 20.0 Å². The van der Waals surface area contributed by atoms with E-state index in [0.29, 0.717) is 44.5 Å². The molecule has 0 aliphatic carbocycles. The Bertz CT molecular complexity index is 945. The van der Waals surface area contributed by atoms with Crippen LogP contribution in [0.5, 0.6) is 0 Å². The first-order valence-electron chi connectivity index (χ1n) is 9.90. The number of carbonyl (C=O) groups is 2. The summed E-state index contributed by atoms with van der Waals surface area (Å²) in [6.45, 7) is 3.10. The second kappa shape index (κ2) is 7.57. The zero-order chi connectivity index (χ0) is 20.6. The van der Waals surface area contributed by atoms with Crippen molar-refractivity contribution in [1.29, 1.82) is 0 Å². The number of nitrogens with one attached hydrogen (secondary N) is 1. The number of hydrogen-bond donors (Lipinski definition) is 1. The fraction of sp³-hybridized carbons (Fsp3) is 0.476. The molecule has 1 aromatic heterocycles. The van der Waals surface area contributed by atoms with Gasteiger partial charge in [0.2, 0.25) is 11.8 Å². The molecule has 2 aromatic rings. The quantitative estimate of drug-likeness (QED) is 0.855. The van der Waals surface area contributed by atoms with E-state index < -0.39 is 17.2 Å². The van der Waals surface area contributed by atoms with Gasteiger partial charge in [-0.3, -0.25) is 14.3 Å². The lowest BCUT2D eigenvalue weighted by Crippen LogP contribution is -2.56. The van der Waals surface area contributed by atoms with Gasteiger partial charge in [0.05, 0.1) is 11.2 Å². The topological polar surface area (TPSA) is 67.2 Å². The zero-order valence-electron chi connectivity index (χ0n) is 16.3. The minimum absolute atomic E-state index is 0.0394. The molecular formula is C21H24F2N4O2. The van der Waals surface area contributed by atoms with Crippen molar-refractivity contribution in [2.24, 2.45) is 0 Å². The van der Waals surface area contributed by atoms with E-state index in [2.05, 4.69) is 10.4 Å². The number of benzene rings is 1. The van der Waals surface area contributed by atoms with E-state index in [1.165, 1.54) is 6.07 Å². The first-order chi connectivity index (χ1) is 13.9. The summed E-state index contributed by atoms with van der Waals surface area (Å²) < 4.78 is 29.0. The average Bonchev–Trinajstić information content (AvgIpc) is 3.26. The van der Waals surface area contributed by atoms with Crippen molar-refractivity contribution in [3.05, 3.63) is 53.4 Å². The van der Waals surface area contributed by atoms with E-state index in [1.54, 1.807) is 15.6 Å². The number of rotatable bonds is 4. The molecule has 4 rings (SSSR count). The van der Waals surface area contributed by atoms with Crippen molar-refractivity contribution in [2.45, 2.75) is 50.6 Å². The molecule has 3 heterocycles. The molecular weight excluding hydrogens is 378 g/mol. The number of halogens is 2. The lowest BCUT2D eigenvalue weighted by atomic mass is 9.76. The van der Waals surface area contributed by atoms with Crippen LogP contribution in [0.3, 0.4) is 0 Å². The number of aromatic nitrogens is 2. The molecule has 2 fully saturated rings. The van der Waals surface area contributed by atoms with Crippen LogP contribution in [0.2, 0.25) is 0 Å². The van der Waals surface area contributed by atoms with Gasteiger partial charge in [-0.25, -0.2) is 8.78 Å². The van der Waals surface area contributed by atoms with Gasteiger partial charge in [-0.1, -0.05) is 6.07 Å². The van der Waals surface area contributed by atoms with Gasteiger partial charge in [-0.2, -0.15) is 5.10 Å². The maximum Gasteiger partial charge on any atom is 0.224 e. The van der Waals surface area contributed by atoms with Gasteiger partial charge in [0, 0.05) is 44.6 Å². The Kier molecular flexibility index (Phi) is 5.10. The van der Waals surface area contributed by atoms with E-state index >= 15 is 0 Å². The highest BCUT2D eigenvalue weighted by Gasteiger charge is 2.50. The largest absolute Gasteiger partial charge is 0.348 e. The number of amides is 2. The molecule has 154 valence electrons. The summed E-state index contributed by atoms with van der Waals surface area (Å²) in [7, 11) is 0. The number of carbonyl (C=O) groups excluding carboxylic acids is 2. The van der Waals surface area contributed by atoms with E-state index in [4.69, 9.17) is 0 Å². The van der Waals surface area contributed by atoms with Crippen molar-refractivity contribution < 1.29 is 18.4 Å². The number of nitrogens with zero attached hydrogens (tertiary/aromatic N) is 3. The highest BCUT2D eigenvalue weighted by atomic mass is 19.2. The minimum atomic E-state index is -0.918. The summed E-state index contributed by atoms with van der Waals surface area (Å²) in [4.78, 5) is 26.8. The number of aryl methyl sites for hydroxylation is 2. The molecule has 2 aliphatic heterocycles. The third-order valence-corrected chi connectivity index (χ3v) is 5.99. The summed E-state index contributed by atoms with van der Waals surface area (Å²) in [5, 5.41) is 7.36. The summed E-state index contributed by atoms with van der Waals surface area (Å²) in [6.07, 6.45) is 3.97. The van der Waals surface area contributed by atoms with Crippen LogP contribution in [0.15, 0.2) is 30.5 Å². The number of likely N-dealkylation sites (tertiary alicyclic amines) is 1. The van der Waals surface area contributed by atoms with Crippen molar-refractivity contribution in [2.75, 3.05) is 13.1 Å². The molecule has 0 radical (unpaired) electrons. The molecule has 1 spiro atoms. The second-order valence-electron chi connectivity index (χ2n) is 8.03. The minimum Gasteiger partial charge on any atom is -0.348 e. The lowest BCUT2D eigenvalue weighted by molar-refractivity contribution is -0.131. The summed E-state index contributed by atoms with van der Waals surface area (Å²) in [5.41, 5.74) is 0.849. The summed E-state index contributed by atoms with van der Waals surface area (Å²) >= 11 is 0. The Labute approximate surface area is 167 Å². The molecule has 2 amide bonds. The van der Waals surface area contributed by atoms with Crippen molar-refractivity contribution >= 4 is 11.8 Å². The second-order valence-corrected chi connectivity index (χ2v) is 8.03. The maximum atomic E-state index is 13.9. The average molecular weight is 402 g/mol. The van der Waals surface area contributed by atoms with Gasteiger partial charge in [-0.15, -0.1) is 0 Å². The number of piperidine rings is 1. The van der Waals surface area contributed by atoms with Crippen LogP contribution in [0.25, 0.3) is 0 Å². The zero-order valence-corrected chi connectivity index (χ0v) is 16.3. The van der Waals surface area contributed by atoms with Crippen LogP contribution in [0.4, 0.5) is 8.78 Å². The van der Waals surface area contributed by atoms with Crippen molar-refractivity contribution in [3.63, 3.8) is 0 Å². The Balaban J connectivity index is 1.55.